The smallest absolute Gasteiger partial charge is 0.241 e. The van der Waals surface area contributed by atoms with Gasteiger partial charge >= 0.3 is 0 Å². The van der Waals surface area contributed by atoms with Gasteiger partial charge in [-0.05, 0) is 35.0 Å². The van der Waals surface area contributed by atoms with Crippen molar-refractivity contribution in [3.8, 4) is 0 Å². The van der Waals surface area contributed by atoms with Crippen molar-refractivity contribution in [2.75, 3.05) is 19.6 Å². The van der Waals surface area contributed by atoms with Crippen LogP contribution in [0.2, 0.25) is 0 Å². The van der Waals surface area contributed by atoms with Gasteiger partial charge in [-0.3, -0.25) is 9.59 Å². The molecular weight excluding hydrogens is 374 g/mol. The molecule has 1 rings (SSSR count). The van der Waals surface area contributed by atoms with Gasteiger partial charge in [0.1, 0.15) is 0 Å². The minimum absolute atomic E-state index is 0.0507. The number of sulfonamides is 1. The van der Waals surface area contributed by atoms with Crippen LogP contribution in [-0.4, -0.2) is 39.9 Å². The highest BCUT2D eigenvalue weighted by atomic mass is 79.9. The van der Waals surface area contributed by atoms with Gasteiger partial charge in [0.05, 0.1) is 11.4 Å². The third-order valence-electron chi connectivity index (χ3n) is 2.59. The van der Waals surface area contributed by atoms with E-state index in [9.17, 15) is 18.0 Å². The molecule has 0 heterocycles. The SMILES string of the molecule is CCNC(=O)CNC(=O)CCNS(=O)(=O)c1ccccc1Br. The average molecular weight is 392 g/mol. The maximum atomic E-state index is 12.0. The molecule has 2 amide bonds. The van der Waals surface area contributed by atoms with Crippen LogP contribution in [0.25, 0.3) is 0 Å². The molecule has 0 unspecified atom stereocenters. The first kappa shape index (κ1) is 18.6. The quantitative estimate of drug-likeness (QED) is 0.595. The molecular formula is C13H18BrN3O4S. The predicted octanol–water partition coefficient (Wildman–Crippen LogP) is 0.370. The highest BCUT2D eigenvalue weighted by Gasteiger charge is 2.16. The minimum atomic E-state index is -3.68. The Hall–Kier alpha value is -1.45. The lowest BCUT2D eigenvalue weighted by Gasteiger charge is -2.08. The van der Waals surface area contributed by atoms with E-state index in [1.807, 2.05) is 0 Å². The molecule has 7 nitrogen and oxygen atoms in total. The highest BCUT2D eigenvalue weighted by molar-refractivity contribution is 9.10. The molecule has 0 saturated heterocycles. The number of likely N-dealkylation sites (N-methyl/N-ethyl adjacent to an activating group) is 1. The Morgan fingerprint density at radius 1 is 1.14 bits per heavy atom. The van der Waals surface area contributed by atoms with Crippen LogP contribution in [0.15, 0.2) is 33.6 Å². The molecule has 0 aliphatic rings. The summed E-state index contributed by atoms with van der Waals surface area (Å²) in [6.07, 6.45) is -0.0525. The summed E-state index contributed by atoms with van der Waals surface area (Å²) in [6.45, 7) is 2.09. The molecule has 0 saturated carbocycles. The maximum Gasteiger partial charge on any atom is 0.241 e. The first-order valence-corrected chi connectivity index (χ1v) is 8.92. The van der Waals surface area contributed by atoms with E-state index in [0.717, 1.165) is 0 Å². The number of nitrogens with one attached hydrogen (secondary N) is 3. The average Bonchev–Trinajstić information content (AvgIpc) is 2.45. The number of carbonyl (C=O) groups is 2. The summed E-state index contributed by atoms with van der Waals surface area (Å²) in [7, 11) is -3.68. The lowest BCUT2D eigenvalue weighted by atomic mass is 10.4. The summed E-state index contributed by atoms with van der Waals surface area (Å²) in [4.78, 5) is 22.8. The van der Waals surface area contributed by atoms with Crippen molar-refractivity contribution in [3.05, 3.63) is 28.7 Å². The van der Waals surface area contributed by atoms with Crippen LogP contribution < -0.4 is 15.4 Å². The van der Waals surface area contributed by atoms with Crippen LogP contribution in [0, 0.1) is 0 Å². The summed E-state index contributed by atoms with van der Waals surface area (Å²) in [5.74, 6) is -0.689. The third-order valence-corrected chi connectivity index (χ3v) is 5.06. The normalized spacial score (nSPS) is 11.0. The van der Waals surface area contributed by atoms with Crippen LogP contribution in [0.3, 0.4) is 0 Å². The molecule has 9 heteroatoms. The Balaban J connectivity index is 2.42. The Kier molecular flexibility index (Phi) is 7.49. The molecule has 0 fully saturated rings. The second-order valence-electron chi connectivity index (χ2n) is 4.31. The molecule has 122 valence electrons. The largest absolute Gasteiger partial charge is 0.355 e. The van der Waals surface area contributed by atoms with Gasteiger partial charge in [-0.15, -0.1) is 0 Å². The Morgan fingerprint density at radius 3 is 2.45 bits per heavy atom. The molecule has 0 aliphatic carbocycles. The van der Waals surface area contributed by atoms with Gasteiger partial charge in [-0.25, -0.2) is 13.1 Å². The second kappa shape index (κ2) is 8.86. The number of benzene rings is 1. The second-order valence-corrected chi connectivity index (χ2v) is 6.90. The number of rotatable bonds is 8. The zero-order valence-electron chi connectivity index (χ0n) is 12.1. The van der Waals surface area contributed by atoms with E-state index in [1.54, 1.807) is 25.1 Å². The van der Waals surface area contributed by atoms with E-state index < -0.39 is 15.9 Å². The van der Waals surface area contributed by atoms with Gasteiger partial charge in [0.2, 0.25) is 21.8 Å². The van der Waals surface area contributed by atoms with Gasteiger partial charge in [-0.1, -0.05) is 12.1 Å². The van der Waals surface area contributed by atoms with Crippen molar-refractivity contribution in [3.63, 3.8) is 0 Å². The van der Waals surface area contributed by atoms with Gasteiger partial charge < -0.3 is 10.6 Å². The van der Waals surface area contributed by atoms with E-state index in [1.165, 1.54) is 6.07 Å². The van der Waals surface area contributed by atoms with Crippen LogP contribution in [0.4, 0.5) is 0 Å². The molecule has 3 N–H and O–H groups in total. The van der Waals surface area contributed by atoms with Crippen molar-refractivity contribution >= 4 is 37.8 Å². The molecule has 0 radical (unpaired) electrons. The number of hydrogen-bond acceptors (Lipinski definition) is 4. The third kappa shape index (κ3) is 6.12. The van der Waals surface area contributed by atoms with E-state index >= 15 is 0 Å². The Morgan fingerprint density at radius 2 is 1.82 bits per heavy atom. The molecule has 1 aromatic carbocycles. The van der Waals surface area contributed by atoms with Crippen LogP contribution >= 0.6 is 15.9 Å². The molecule has 0 aromatic heterocycles. The van der Waals surface area contributed by atoms with Crippen molar-refractivity contribution in [2.24, 2.45) is 0 Å². The first-order chi connectivity index (χ1) is 10.4. The van der Waals surface area contributed by atoms with Crippen LogP contribution in [0.5, 0.6) is 0 Å². The fraction of sp³-hybridized carbons (Fsp3) is 0.385. The van der Waals surface area contributed by atoms with E-state index in [2.05, 4.69) is 31.3 Å². The van der Waals surface area contributed by atoms with E-state index in [4.69, 9.17) is 0 Å². The summed E-state index contributed by atoms with van der Waals surface area (Å²) in [5, 5.41) is 4.95. The first-order valence-electron chi connectivity index (χ1n) is 6.64. The lowest BCUT2D eigenvalue weighted by molar-refractivity contribution is -0.125. The lowest BCUT2D eigenvalue weighted by Crippen LogP contribution is -2.38. The predicted molar refractivity (Wildman–Crippen MR) is 85.6 cm³/mol. The molecule has 1 aromatic rings. The summed E-state index contributed by atoms with van der Waals surface area (Å²) >= 11 is 3.17. The summed E-state index contributed by atoms with van der Waals surface area (Å²) in [6, 6.07) is 6.39. The number of carbonyl (C=O) groups excluding carboxylic acids is 2. The van der Waals surface area contributed by atoms with E-state index in [0.29, 0.717) is 11.0 Å². The fourth-order valence-corrected chi connectivity index (χ4v) is 3.60. The van der Waals surface area contributed by atoms with Crippen molar-refractivity contribution in [2.45, 2.75) is 18.2 Å². The molecule has 0 bridgehead atoms. The molecule has 0 aliphatic heterocycles. The maximum absolute atomic E-state index is 12.0. The van der Waals surface area contributed by atoms with E-state index in [-0.39, 0.29) is 30.3 Å². The summed E-state index contributed by atoms with van der Waals surface area (Å²) < 4.78 is 26.9. The number of halogens is 1. The fourth-order valence-electron chi connectivity index (χ4n) is 1.57. The molecule has 0 atom stereocenters. The van der Waals surface area contributed by atoms with Gasteiger partial charge in [0.15, 0.2) is 0 Å². The topological polar surface area (TPSA) is 104 Å². The van der Waals surface area contributed by atoms with Crippen LogP contribution in [0.1, 0.15) is 13.3 Å². The van der Waals surface area contributed by atoms with Crippen molar-refractivity contribution < 1.29 is 18.0 Å². The monoisotopic (exact) mass is 391 g/mol. The van der Waals surface area contributed by atoms with Gasteiger partial charge in [-0.2, -0.15) is 0 Å². The van der Waals surface area contributed by atoms with Crippen molar-refractivity contribution in [1.82, 2.24) is 15.4 Å². The summed E-state index contributed by atoms with van der Waals surface area (Å²) in [5.41, 5.74) is 0. The molecule has 0 spiro atoms. The minimum Gasteiger partial charge on any atom is -0.355 e. The zero-order chi connectivity index (χ0) is 16.6. The van der Waals surface area contributed by atoms with Gasteiger partial charge in [0, 0.05) is 24.0 Å². The number of amides is 2. The highest BCUT2D eigenvalue weighted by Crippen LogP contribution is 2.20. The Labute approximate surface area is 138 Å². The standard InChI is InChI=1S/C13H18BrN3O4S/c1-2-15-13(19)9-16-12(18)7-8-17-22(20,21)11-6-4-3-5-10(11)14/h3-6,17H,2,7-9H2,1H3,(H,15,19)(H,16,18). The number of hydrogen-bond donors (Lipinski definition) is 3. The van der Waals surface area contributed by atoms with Crippen molar-refractivity contribution in [1.29, 1.82) is 0 Å². The van der Waals surface area contributed by atoms with Gasteiger partial charge in [0.25, 0.3) is 0 Å². The molecule has 22 heavy (non-hydrogen) atoms. The van der Waals surface area contributed by atoms with Crippen LogP contribution in [-0.2, 0) is 19.6 Å². The Bertz CT molecular complexity index is 634. The zero-order valence-corrected chi connectivity index (χ0v) is 14.5.